The Hall–Kier alpha value is -2.03. The first-order valence-corrected chi connectivity index (χ1v) is 9.37. The van der Waals surface area contributed by atoms with Gasteiger partial charge in [0.05, 0.1) is 24.2 Å². The number of rotatable bonds is 5. The first-order valence-electron chi connectivity index (χ1n) is 9.37. The van der Waals surface area contributed by atoms with Crippen molar-refractivity contribution in [2.75, 3.05) is 6.61 Å². The molecule has 0 spiro atoms. The van der Waals surface area contributed by atoms with Gasteiger partial charge in [0.1, 0.15) is 24.6 Å². The number of aliphatic hydroxyl groups excluding tert-OH is 3. The van der Waals surface area contributed by atoms with Crippen molar-refractivity contribution in [1.82, 2.24) is 0 Å². The van der Waals surface area contributed by atoms with Crippen molar-refractivity contribution in [1.29, 1.82) is 0 Å². The highest BCUT2D eigenvalue weighted by Crippen LogP contribution is 2.58. The van der Waals surface area contributed by atoms with E-state index in [1.54, 1.807) is 6.92 Å². The Morgan fingerprint density at radius 2 is 2.14 bits per heavy atom. The standard InChI is InChI=1S/C20H26O8/c1-9(12(23)8-22)18(25)27-13-6-20(3)14(24)5-4-11(7-21)16(20)17-15(13)10(2)19(26)28-17/h7,11-17,22-24H,1-2,4-6,8H2,3H3/t11-,12-,13+,14-,15-,16-,17+,20+/m1/s1. The summed E-state index contributed by atoms with van der Waals surface area (Å²) in [5, 5.41) is 29.3. The van der Waals surface area contributed by atoms with Crippen LogP contribution in [0.1, 0.15) is 26.2 Å². The van der Waals surface area contributed by atoms with Gasteiger partial charge in [-0.1, -0.05) is 20.1 Å². The second-order valence-electron chi connectivity index (χ2n) is 8.22. The quantitative estimate of drug-likeness (QED) is 0.335. The van der Waals surface area contributed by atoms with Gasteiger partial charge in [-0.3, -0.25) is 0 Å². The number of aliphatic hydroxyl groups is 3. The Morgan fingerprint density at radius 3 is 2.75 bits per heavy atom. The predicted octanol–water partition coefficient (Wildman–Crippen LogP) is -0.0986. The summed E-state index contributed by atoms with van der Waals surface area (Å²) >= 11 is 0. The van der Waals surface area contributed by atoms with Gasteiger partial charge in [-0.05, 0) is 19.3 Å². The van der Waals surface area contributed by atoms with Crippen LogP contribution in [-0.2, 0) is 23.9 Å². The number of hydrogen-bond donors (Lipinski definition) is 3. The Balaban J connectivity index is 1.95. The maximum absolute atomic E-state index is 12.4. The minimum atomic E-state index is -1.46. The molecule has 0 aromatic heterocycles. The molecule has 3 fully saturated rings. The number of carbonyl (C=O) groups is 3. The number of esters is 2. The lowest BCUT2D eigenvalue weighted by atomic mass is 9.51. The van der Waals surface area contributed by atoms with Crippen LogP contribution in [0.3, 0.4) is 0 Å². The molecule has 0 unspecified atom stereocenters. The van der Waals surface area contributed by atoms with E-state index < -0.39 is 60.2 Å². The fourth-order valence-electron chi connectivity index (χ4n) is 5.09. The zero-order valence-corrected chi connectivity index (χ0v) is 15.7. The smallest absolute Gasteiger partial charge is 0.336 e. The molecule has 154 valence electrons. The van der Waals surface area contributed by atoms with E-state index in [0.29, 0.717) is 12.8 Å². The highest BCUT2D eigenvalue weighted by Gasteiger charge is 2.63. The monoisotopic (exact) mass is 394 g/mol. The average molecular weight is 394 g/mol. The molecule has 28 heavy (non-hydrogen) atoms. The summed E-state index contributed by atoms with van der Waals surface area (Å²) in [6.45, 7) is 8.35. The Kier molecular flexibility index (Phi) is 5.49. The molecule has 3 N–H and O–H groups in total. The van der Waals surface area contributed by atoms with E-state index in [9.17, 15) is 24.6 Å². The lowest BCUT2D eigenvalue weighted by Gasteiger charge is -2.55. The molecule has 8 atom stereocenters. The Labute approximate surface area is 162 Å². The number of hydrogen-bond acceptors (Lipinski definition) is 8. The van der Waals surface area contributed by atoms with Crippen LogP contribution in [-0.4, -0.2) is 64.6 Å². The molecule has 0 radical (unpaired) electrons. The van der Waals surface area contributed by atoms with Gasteiger partial charge >= 0.3 is 11.9 Å². The minimum Gasteiger partial charge on any atom is -0.458 e. The largest absolute Gasteiger partial charge is 0.458 e. The molecule has 0 amide bonds. The molecule has 2 aliphatic carbocycles. The molecular weight excluding hydrogens is 368 g/mol. The average Bonchev–Trinajstić information content (AvgIpc) is 2.96. The topological polar surface area (TPSA) is 130 Å². The van der Waals surface area contributed by atoms with E-state index in [4.69, 9.17) is 14.6 Å². The van der Waals surface area contributed by atoms with Crippen molar-refractivity contribution in [3.63, 3.8) is 0 Å². The molecule has 1 heterocycles. The zero-order valence-electron chi connectivity index (χ0n) is 15.7. The normalized spacial score (nSPS) is 40.7. The summed E-state index contributed by atoms with van der Waals surface area (Å²) in [6, 6.07) is 0. The highest BCUT2D eigenvalue weighted by atomic mass is 16.6. The minimum absolute atomic E-state index is 0.155. The molecule has 0 aromatic rings. The molecule has 2 saturated carbocycles. The number of aldehydes is 1. The van der Waals surface area contributed by atoms with Crippen molar-refractivity contribution in [3.05, 3.63) is 24.3 Å². The van der Waals surface area contributed by atoms with Crippen LogP contribution < -0.4 is 0 Å². The Bertz CT molecular complexity index is 715. The molecule has 3 rings (SSSR count). The third-order valence-electron chi connectivity index (χ3n) is 6.69. The fraction of sp³-hybridized carbons (Fsp3) is 0.650. The third-order valence-corrected chi connectivity index (χ3v) is 6.69. The molecule has 8 nitrogen and oxygen atoms in total. The third kappa shape index (κ3) is 3.09. The predicted molar refractivity (Wildman–Crippen MR) is 95.6 cm³/mol. The summed E-state index contributed by atoms with van der Waals surface area (Å²) in [4.78, 5) is 36.3. The van der Waals surface area contributed by atoms with E-state index in [-0.39, 0.29) is 23.5 Å². The maximum Gasteiger partial charge on any atom is 0.336 e. The van der Waals surface area contributed by atoms with Gasteiger partial charge in [-0.25, -0.2) is 9.59 Å². The molecular formula is C20H26O8. The van der Waals surface area contributed by atoms with Gasteiger partial charge in [0, 0.05) is 22.8 Å². The summed E-state index contributed by atoms with van der Waals surface area (Å²) in [7, 11) is 0. The molecule has 1 saturated heterocycles. The van der Waals surface area contributed by atoms with E-state index in [2.05, 4.69) is 13.2 Å². The molecule has 0 bridgehead atoms. The van der Waals surface area contributed by atoms with E-state index in [0.717, 1.165) is 6.29 Å². The van der Waals surface area contributed by atoms with Crippen molar-refractivity contribution in [3.8, 4) is 0 Å². The van der Waals surface area contributed by atoms with Gasteiger partial charge in [0.15, 0.2) is 0 Å². The summed E-state index contributed by atoms with van der Waals surface area (Å²) < 4.78 is 11.1. The van der Waals surface area contributed by atoms with Crippen molar-refractivity contribution in [2.45, 2.75) is 50.6 Å². The van der Waals surface area contributed by atoms with E-state index in [1.807, 2.05) is 0 Å². The van der Waals surface area contributed by atoms with Gasteiger partial charge < -0.3 is 29.6 Å². The summed E-state index contributed by atoms with van der Waals surface area (Å²) in [5.74, 6) is -2.97. The van der Waals surface area contributed by atoms with Gasteiger partial charge in [-0.15, -0.1) is 0 Å². The van der Waals surface area contributed by atoms with Crippen LogP contribution in [0.15, 0.2) is 24.3 Å². The molecule has 0 aromatic carbocycles. The number of ether oxygens (including phenoxy) is 2. The van der Waals surface area contributed by atoms with E-state index in [1.165, 1.54) is 0 Å². The first-order chi connectivity index (χ1) is 13.2. The fourth-order valence-corrected chi connectivity index (χ4v) is 5.09. The van der Waals surface area contributed by atoms with Crippen LogP contribution in [0, 0.1) is 23.2 Å². The summed E-state index contributed by atoms with van der Waals surface area (Å²) in [6.07, 6.45) is -1.85. The first kappa shape index (κ1) is 20.7. The van der Waals surface area contributed by atoms with Crippen LogP contribution in [0.4, 0.5) is 0 Å². The van der Waals surface area contributed by atoms with Crippen LogP contribution in [0.5, 0.6) is 0 Å². The second kappa shape index (κ2) is 7.42. The van der Waals surface area contributed by atoms with Crippen LogP contribution in [0.25, 0.3) is 0 Å². The van der Waals surface area contributed by atoms with Gasteiger partial charge in [-0.2, -0.15) is 0 Å². The zero-order chi connectivity index (χ0) is 20.8. The second-order valence-corrected chi connectivity index (χ2v) is 8.22. The van der Waals surface area contributed by atoms with Crippen LogP contribution in [0.2, 0.25) is 0 Å². The van der Waals surface area contributed by atoms with Crippen molar-refractivity contribution in [2.24, 2.45) is 23.2 Å². The Morgan fingerprint density at radius 1 is 1.46 bits per heavy atom. The van der Waals surface area contributed by atoms with E-state index >= 15 is 0 Å². The highest BCUT2D eigenvalue weighted by molar-refractivity contribution is 5.92. The van der Waals surface area contributed by atoms with Crippen LogP contribution >= 0.6 is 0 Å². The number of carbonyl (C=O) groups excluding carboxylic acids is 3. The lowest BCUT2D eigenvalue weighted by Crippen LogP contribution is -2.60. The molecule has 1 aliphatic heterocycles. The van der Waals surface area contributed by atoms with Crippen molar-refractivity contribution < 1.29 is 39.2 Å². The lowest BCUT2D eigenvalue weighted by molar-refractivity contribution is -0.195. The molecule has 3 aliphatic rings. The van der Waals surface area contributed by atoms with Crippen molar-refractivity contribution >= 4 is 18.2 Å². The van der Waals surface area contributed by atoms with Gasteiger partial charge in [0.25, 0.3) is 0 Å². The maximum atomic E-state index is 12.4. The SMILES string of the molecule is C=C1C(=O)O[C@H]2[C@H]1[C@@H](OC(=O)C(=C)[C@H](O)CO)C[C@]1(C)[C@@H]2[C@@H](C=O)CC[C@H]1O. The molecule has 8 heteroatoms. The number of fused-ring (bicyclic) bond motifs is 3. The summed E-state index contributed by atoms with van der Waals surface area (Å²) in [5.41, 5.74) is -0.961. The van der Waals surface area contributed by atoms with Gasteiger partial charge in [0.2, 0.25) is 0 Å².